The van der Waals surface area contributed by atoms with E-state index in [4.69, 9.17) is 21.1 Å². The molecule has 0 spiro atoms. The van der Waals surface area contributed by atoms with E-state index in [0.29, 0.717) is 17.2 Å². The van der Waals surface area contributed by atoms with Crippen LogP contribution in [0, 0.1) is 6.92 Å². The first-order valence-corrected chi connectivity index (χ1v) is 11.6. The number of halogens is 1. The lowest BCUT2D eigenvalue weighted by atomic mass is 10.2. The van der Waals surface area contributed by atoms with Crippen LogP contribution in [0.15, 0.2) is 71.6 Å². The van der Waals surface area contributed by atoms with E-state index in [1.165, 1.54) is 25.3 Å². The molecule has 0 fully saturated rings. The highest BCUT2D eigenvalue weighted by molar-refractivity contribution is 7.92. The van der Waals surface area contributed by atoms with Gasteiger partial charge in [0, 0.05) is 11.3 Å². The van der Waals surface area contributed by atoms with Crippen molar-refractivity contribution in [2.75, 3.05) is 25.0 Å². The molecule has 32 heavy (non-hydrogen) atoms. The number of aryl methyl sites for hydroxylation is 1. The second-order valence-electron chi connectivity index (χ2n) is 6.90. The van der Waals surface area contributed by atoms with E-state index in [1.54, 1.807) is 24.3 Å². The van der Waals surface area contributed by atoms with Crippen LogP contribution in [0.1, 0.15) is 15.9 Å². The first kappa shape index (κ1) is 23.4. The van der Waals surface area contributed by atoms with Crippen molar-refractivity contribution in [2.24, 2.45) is 0 Å². The summed E-state index contributed by atoms with van der Waals surface area (Å²) in [5, 5.41) is 2.71. The van der Waals surface area contributed by atoms with Crippen LogP contribution in [0.25, 0.3) is 0 Å². The van der Waals surface area contributed by atoms with E-state index in [0.717, 1.165) is 5.56 Å². The maximum Gasteiger partial charge on any atom is 0.263 e. The van der Waals surface area contributed by atoms with Crippen molar-refractivity contribution in [3.8, 4) is 11.5 Å². The Labute approximate surface area is 192 Å². The van der Waals surface area contributed by atoms with Gasteiger partial charge in [0.05, 0.1) is 18.7 Å². The lowest BCUT2D eigenvalue weighted by Gasteiger charge is -2.12. The van der Waals surface area contributed by atoms with E-state index in [2.05, 4.69) is 10.0 Å². The van der Waals surface area contributed by atoms with Gasteiger partial charge in [-0.25, -0.2) is 8.42 Å². The van der Waals surface area contributed by atoms with Crippen LogP contribution in [0.3, 0.4) is 0 Å². The Morgan fingerprint density at radius 1 is 0.969 bits per heavy atom. The number of carbonyl (C=O) groups is 1. The number of hydrogen-bond acceptors (Lipinski definition) is 5. The zero-order valence-corrected chi connectivity index (χ0v) is 19.2. The second kappa shape index (κ2) is 10.4. The topological polar surface area (TPSA) is 93.7 Å². The van der Waals surface area contributed by atoms with Crippen LogP contribution in [0.4, 0.5) is 5.69 Å². The third-order valence-electron chi connectivity index (χ3n) is 4.50. The lowest BCUT2D eigenvalue weighted by Crippen LogP contribution is -2.28. The van der Waals surface area contributed by atoms with Gasteiger partial charge in [-0.2, -0.15) is 0 Å². The van der Waals surface area contributed by atoms with E-state index in [1.807, 2.05) is 31.2 Å². The van der Waals surface area contributed by atoms with Crippen molar-refractivity contribution in [3.63, 3.8) is 0 Å². The summed E-state index contributed by atoms with van der Waals surface area (Å²) >= 11 is 6.11. The molecule has 168 valence electrons. The van der Waals surface area contributed by atoms with Gasteiger partial charge in [-0.05, 0) is 61.5 Å². The van der Waals surface area contributed by atoms with Gasteiger partial charge < -0.3 is 14.8 Å². The van der Waals surface area contributed by atoms with Gasteiger partial charge in [0.2, 0.25) is 0 Å². The fourth-order valence-electron chi connectivity index (χ4n) is 2.79. The van der Waals surface area contributed by atoms with Crippen molar-refractivity contribution >= 4 is 33.2 Å². The molecule has 0 aliphatic heterocycles. The van der Waals surface area contributed by atoms with E-state index in [-0.39, 0.29) is 28.6 Å². The summed E-state index contributed by atoms with van der Waals surface area (Å²) in [5.41, 5.74) is 1.63. The van der Waals surface area contributed by atoms with Crippen LogP contribution in [0.5, 0.6) is 11.5 Å². The van der Waals surface area contributed by atoms with Crippen LogP contribution in [0.2, 0.25) is 5.02 Å². The second-order valence-corrected chi connectivity index (χ2v) is 8.95. The summed E-state index contributed by atoms with van der Waals surface area (Å²) in [6, 6.07) is 18.0. The largest absolute Gasteiger partial charge is 0.497 e. The Kier molecular flexibility index (Phi) is 7.61. The summed E-state index contributed by atoms with van der Waals surface area (Å²) in [4.78, 5) is 12.3. The molecule has 3 aromatic carbocycles. The number of nitrogens with one attached hydrogen (secondary N) is 2. The van der Waals surface area contributed by atoms with Crippen molar-refractivity contribution in [1.82, 2.24) is 5.32 Å². The van der Waals surface area contributed by atoms with Crippen LogP contribution >= 0.6 is 11.6 Å². The molecule has 7 nitrogen and oxygen atoms in total. The number of carbonyl (C=O) groups excluding carboxylic acids is 1. The molecule has 2 N–H and O–H groups in total. The molecule has 0 aliphatic rings. The highest BCUT2D eigenvalue weighted by atomic mass is 35.5. The predicted octanol–water partition coefficient (Wildman–Crippen LogP) is 4.27. The third-order valence-corrected chi connectivity index (χ3v) is 6.37. The number of hydrogen-bond donors (Lipinski definition) is 2. The van der Waals surface area contributed by atoms with E-state index < -0.39 is 15.9 Å². The van der Waals surface area contributed by atoms with E-state index in [9.17, 15) is 13.2 Å². The molecule has 0 unspecified atom stereocenters. The molecule has 0 saturated carbocycles. The molecule has 0 saturated heterocycles. The van der Waals surface area contributed by atoms with Crippen LogP contribution in [-0.2, 0) is 10.0 Å². The summed E-state index contributed by atoms with van der Waals surface area (Å²) in [7, 11) is -2.49. The first-order valence-electron chi connectivity index (χ1n) is 9.72. The molecule has 0 radical (unpaired) electrons. The molecule has 0 aromatic heterocycles. The monoisotopic (exact) mass is 474 g/mol. The molecule has 0 heterocycles. The average molecular weight is 475 g/mol. The van der Waals surface area contributed by atoms with Gasteiger partial charge in [0.1, 0.15) is 23.0 Å². The smallest absolute Gasteiger partial charge is 0.263 e. The van der Waals surface area contributed by atoms with Gasteiger partial charge in [0.15, 0.2) is 0 Å². The Hall–Kier alpha value is -3.23. The number of amides is 1. The number of anilines is 1. The molecule has 3 rings (SSSR count). The molecular formula is C23H23ClN2O5S. The zero-order valence-electron chi connectivity index (χ0n) is 17.6. The molecule has 0 bridgehead atoms. The summed E-state index contributed by atoms with van der Waals surface area (Å²) in [5.74, 6) is 0.861. The molecule has 0 atom stereocenters. The summed E-state index contributed by atoms with van der Waals surface area (Å²) in [6.45, 7) is 2.51. The van der Waals surface area contributed by atoms with Gasteiger partial charge >= 0.3 is 0 Å². The average Bonchev–Trinajstić information content (AvgIpc) is 2.78. The number of benzene rings is 3. The van der Waals surface area contributed by atoms with Gasteiger partial charge in [0.25, 0.3) is 15.9 Å². The molecular weight excluding hydrogens is 452 g/mol. The van der Waals surface area contributed by atoms with Crippen molar-refractivity contribution < 1.29 is 22.7 Å². The number of rotatable bonds is 9. The first-order chi connectivity index (χ1) is 15.3. The fourth-order valence-corrected chi connectivity index (χ4v) is 4.38. The van der Waals surface area contributed by atoms with Gasteiger partial charge in [-0.3, -0.25) is 9.52 Å². The normalized spacial score (nSPS) is 11.0. The van der Waals surface area contributed by atoms with E-state index >= 15 is 0 Å². The number of ether oxygens (including phenoxy) is 2. The SMILES string of the molecule is COc1ccc(NS(=O)(=O)c2cc(C(=O)NCCOc3ccc(C)cc3)ccc2Cl)cc1. The Bertz CT molecular complexity index is 1180. The van der Waals surface area contributed by atoms with Crippen LogP contribution in [-0.4, -0.2) is 34.6 Å². The van der Waals surface area contributed by atoms with Crippen molar-refractivity contribution in [2.45, 2.75) is 11.8 Å². The Balaban J connectivity index is 1.64. The summed E-state index contributed by atoms with van der Waals surface area (Å²) < 4.78 is 38.7. The zero-order chi connectivity index (χ0) is 23.1. The number of sulfonamides is 1. The lowest BCUT2D eigenvalue weighted by molar-refractivity contribution is 0.0947. The Morgan fingerprint density at radius 3 is 2.28 bits per heavy atom. The highest BCUT2D eigenvalue weighted by Gasteiger charge is 2.20. The highest BCUT2D eigenvalue weighted by Crippen LogP contribution is 2.26. The molecule has 0 aliphatic carbocycles. The fraction of sp³-hybridized carbons (Fsp3) is 0.174. The Morgan fingerprint density at radius 2 is 1.62 bits per heavy atom. The van der Waals surface area contributed by atoms with Gasteiger partial charge in [-0.15, -0.1) is 0 Å². The maximum absolute atomic E-state index is 12.8. The molecule has 9 heteroatoms. The van der Waals surface area contributed by atoms with Crippen molar-refractivity contribution in [1.29, 1.82) is 0 Å². The minimum Gasteiger partial charge on any atom is -0.497 e. The standard InChI is InChI=1S/C23H23ClN2O5S/c1-16-3-8-20(9-4-16)31-14-13-25-23(27)17-5-12-21(24)22(15-17)32(28,29)26-18-6-10-19(30-2)11-7-18/h3-12,15,26H,13-14H2,1-2H3,(H,25,27). The summed E-state index contributed by atoms with van der Waals surface area (Å²) in [6.07, 6.45) is 0. The van der Waals surface area contributed by atoms with Crippen LogP contribution < -0.4 is 19.5 Å². The van der Waals surface area contributed by atoms with Gasteiger partial charge in [-0.1, -0.05) is 29.3 Å². The predicted molar refractivity (Wildman–Crippen MR) is 124 cm³/mol. The minimum atomic E-state index is -4.01. The maximum atomic E-state index is 12.8. The van der Waals surface area contributed by atoms with Crippen molar-refractivity contribution in [3.05, 3.63) is 82.9 Å². The number of methoxy groups -OCH3 is 1. The minimum absolute atomic E-state index is 0.00488. The molecule has 3 aromatic rings. The third kappa shape index (κ3) is 6.15. The quantitative estimate of drug-likeness (QED) is 0.452. The molecule has 1 amide bonds.